The maximum atomic E-state index is 13.4. The molecule has 1 fully saturated rings. The number of ether oxygens (including phenoxy) is 1. The average molecular weight is 393 g/mol. The van der Waals surface area contributed by atoms with E-state index in [0.29, 0.717) is 42.8 Å². The minimum atomic E-state index is -4.55. The van der Waals surface area contributed by atoms with Crippen LogP contribution in [0.3, 0.4) is 0 Å². The van der Waals surface area contributed by atoms with Gasteiger partial charge in [-0.25, -0.2) is 0 Å². The number of carbonyl (C=O) groups is 1. The summed E-state index contributed by atoms with van der Waals surface area (Å²) in [6.45, 7) is 1.72. The molecule has 2 aliphatic rings. The summed E-state index contributed by atoms with van der Waals surface area (Å²) in [5.41, 5.74) is 0.654. The number of rotatable bonds is 3. The Hall–Kier alpha value is -2.35. The number of aromatic nitrogens is 2. The van der Waals surface area contributed by atoms with Crippen LogP contribution in [-0.2, 0) is 24.4 Å². The largest absolute Gasteiger partial charge is 0.435 e. The van der Waals surface area contributed by atoms with E-state index < -0.39 is 11.9 Å². The Morgan fingerprint density at radius 3 is 2.71 bits per heavy atom. The molecular weight excluding hydrogens is 371 g/mol. The molecule has 1 atom stereocenters. The third-order valence-electron chi connectivity index (χ3n) is 5.41. The van der Waals surface area contributed by atoms with Crippen LogP contribution >= 0.6 is 0 Å². The van der Waals surface area contributed by atoms with Gasteiger partial charge in [-0.15, -0.1) is 0 Å². The number of alkyl halides is 3. The monoisotopic (exact) mass is 393 g/mol. The van der Waals surface area contributed by atoms with E-state index in [1.165, 1.54) is 13.2 Å². The van der Waals surface area contributed by atoms with E-state index in [2.05, 4.69) is 5.10 Å². The van der Waals surface area contributed by atoms with Gasteiger partial charge in [0.2, 0.25) is 0 Å². The lowest BCUT2D eigenvalue weighted by Crippen LogP contribution is -2.43. The Labute approximate surface area is 161 Å². The van der Waals surface area contributed by atoms with Gasteiger partial charge in [-0.2, -0.15) is 18.3 Å². The highest BCUT2D eigenvalue weighted by molar-refractivity contribution is 5.99. The smallest absolute Gasteiger partial charge is 0.376 e. The van der Waals surface area contributed by atoms with Crippen LogP contribution in [0.5, 0.6) is 0 Å². The van der Waals surface area contributed by atoms with E-state index >= 15 is 0 Å². The summed E-state index contributed by atoms with van der Waals surface area (Å²) in [6, 6.07) is 4.97. The molecule has 3 heterocycles. The Kier molecular flexibility index (Phi) is 4.91. The molecule has 5 nitrogen and oxygen atoms in total. The van der Waals surface area contributed by atoms with Crippen LogP contribution in [0.15, 0.2) is 24.4 Å². The summed E-state index contributed by atoms with van der Waals surface area (Å²) in [6.07, 6.45) is 0.431. The van der Waals surface area contributed by atoms with Gasteiger partial charge >= 0.3 is 6.18 Å². The summed E-state index contributed by atoms with van der Waals surface area (Å²) < 4.78 is 47.1. The lowest BCUT2D eigenvalue weighted by molar-refractivity contribution is -0.140. The lowest BCUT2D eigenvalue weighted by atomic mass is 9.90. The van der Waals surface area contributed by atoms with E-state index in [0.717, 1.165) is 23.9 Å². The van der Waals surface area contributed by atoms with Crippen molar-refractivity contribution in [1.82, 2.24) is 14.7 Å². The first-order valence-electron chi connectivity index (χ1n) is 9.48. The minimum absolute atomic E-state index is 0.0173. The molecule has 1 amide bonds. The Morgan fingerprint density at radius 2 is 2.00 bits per heavy atom. The number of aryl methyl sites for hydroxylation is 1. The fraction of sp³-hybridized carbons (Fsp3) is 0.500. The van der Waals surface area contributed by atoms with E-state index in [9.17, 15) is 18.0 Å². The SMILES string of the molecule is Cn1cc(-c2cccc3c2CCN(CC2CCCCO2)C3=O)c(C(F)(F)F)n1. The molecule has 28 heavy (non-hydrogen) atoms. The number of fused-ring (bicyclic) bond motifs is 1. The van der Waals surface area contributed by atoms with Crippen LogP contribution < -0.4 is 0 Å². The second-order valence-electron chi connectivity index (χ2n) is 7.38. The molecule has 0 N–H and O–H groups in total. The average Bonchev–Trinajstić information content (AvgIpc) is 3.07. The third kappa shape index (κ3) is 3.53. The van der Waals surface area contributed by atoms with Crippen molar-refractivity contribution in [2.24, 2.45) is 7.05 Å². The summed E-state index contributed by atoms with van der Waals surface area (Å²) in [7, 11) is 1.46. The summed E-state index contributed by atoms with van der Waals surface area (Å²) >= 11 is 0. The molecular formula is C20H22F3N3O2. The zero-order valence-corrected chi connectivity index (χ0v) is 15.6. The quantitative estimate of drug-likeness (QED) is 0.799. The molecule has 2 aliphatic heterocycles. The van der Waals surface area contributed by atoms with Gasteiger partial charge in [0.15, 0.2) is 5.69 Å². The van der Waals surface area contributed by atoms with Gasteiger partial charge in [-0.1, -0.05) is 12.1 Å². The zero-order chi connectivity index (χ0) is 19.9. The molecule has 2 aromatic rings. The van der Waals surface area contributed by atoms with Crippen molar-refractivity contribution in [3.63, 3.8) is 0 Å². The number of hydrogen-bond donors (Lipinski definition) is 0. The Morgan fingerprint density at radius 1 is 1.21 bits per heavy atom. The predicted molar refractivity (Wildman–Crippen MR) is 96.8 cm³/mol. The van der Waals surface area contributed by atoms with Crippen molar-refractivity contribution in [2.75, 3.05) is 19.7 Å². The highest BCUT2D eigenvalue weighted by atomic mass is 19.4. The minimum Gasteiger partial charge on any atom is -0.376 e. The van der Waals surface area contributed by atoms with Gasteiger partial charge in [0.05, 0.1) is 6.10 Å². The van der Waals surface area contributed by atoms with Crippen LogP contribution in [0, 0.1) is 0 Å². The van der Waals surface area contributed by atoms with Gasteiger partial charge in [0, 0.05) is 44.1 Å². The molecule has 1 aromatic heterocycles. The lowest BCUT2D eigenvalue weighted by Gasteiger charge is -2.34. The van der Waals surface area contributed by atoms with Gasteiger partial charge in [0.1, 0.15) is 0 Å². The number of benzene rings is 1. The van der Waals surface area contributed by atoms with E-state index in [-0.39, 0.29) is 17.6 Å². The number of amides is 1. The Balaban J connectivity index is 1.66. The number of hydrogen-bond acceptors (Lipinski definition) is 3. The van der Waals surface area contributed by atoms with Crippen molar-refractivity contribution in [1.29, 1.82) is 0 Å². The topological polar surface area (TPSA) is 47.4 Å². The van der Waals surface area contributed by atoms with Gasteiger partial charge in [0.25, 0.3) is 5.91 Å². The maximum absolute atomic E-state index is 13.4. The summed E-state index contributed by atoms with van der Waals surface area (Å²) in [4.78, 5) is 14.7. The zero-order valence-electron chi connectivity index (χ0n) is 15.6. The van der Waals surface area contributed by atoms with Crippen LogP contribution in [0.2, 0.25) is 0 Å². The van der Waals surface area contributed by atoms with Gasteiger partial charge in [-0.05, 0) is 42.9 Å². The fourth-order valence-electron chi connectivity index (χ4n) is 4.09. The number of carbonyl (C=O) groups excluding carboxylic acids is 1. The van der Waals surface area contributed by atoms with Crippen LogP contribution in [-0.4, -0.2) is 46.4 Å². The summed E-state index contributed by atoms with van der Waals surface area (Å²) in [5, 5.41) is 3.60. The van der Waals surface area contributed by atoms with E-state index in [4.69, 9.17) is 4.74 Å². The van der Waals surface area contributed by atoms with E-state index in [1.807, 2.05) is 0 Å². The highest BCUT2D eigenvalue weighted by Gasteiger charge is 2.38. The molecule has 1 aromatic carbocycles. The summed E-state index contributed by atoms with van der Waals surface area (Å²) in [5.74, 6) is -0.144. The first-order valence-corrected chi connectivity index (χ1v) is 9.48. The molecule has 1 saturated heterocycles. The van der Waals surface area contributed by atoms with Crippen molar-refractivity contribution in [2.45, 2.75) is 38.0 Å². The molecule has 0 bridgehead atoms. The maximum Gasteiger partial charge on any atom is 0.435 e. The van der Waals surface area contributed by atoms with Gasteiger partial charge < -0.3 is 9.64 Å². The van der Waals surface area contributed by atoms with Crippen LogP contribution in [0.1, 0.15) is 40.9 Å². The molecule has 150 valence electrons. The first-order chi connectivity index (χ1) is 13.3. The van der Waals surface area contributed by atoms with Crippen LogP contribution in [0.4, 0.5) is 13.2 Å². The molecule has 4 rings (SSSR count). The van der Waals surface area contributed by atoms with Crippen molar-refractivity contribution >= 4 is 5.91 Å². The standard InChI is InChI=1S/C20H22F3N3O2/c1-25-12-17(18(24-25)20(21,22)23)14-6-4-7-16-15(14)8-9-26(19(16)27)11-13-5-2-3-10-28-13/h4,6-7,12-13H,2-3,5,8-11H2,1H3. The first kappa shape index (κ1) is 19.0. The Bertz CT molecular complexity index is 885. The molecule has 0 spiro atoms. The molecule has 0 saturated carbocycles. The molecule has 0 radical (unpaired) electrons. The van der Waals surface area contributed by atoms with Crippen molar-refractivity contribution in [3.05, 3.63) is 41.2 Å². The van der Waals surface area contributed by atoms with E-state index in [1.54, 1.807) is 23.1 Å². The molecule has 1 unspecified atom stereocenters. The second-order valence-corrected chi connectivity index (χ2v) is 7.38. The van der Waals surface area contributed by atoms with Gasteiger partial charge in [-0.3, -0.25) is 9.48 Å². The fourth-order valence-corrected chi connectivity index (χ4v) is 4.09. The molecule has 8 heteroatoms. The number of halogens is 3. The van der Waals surface area contributed by atoms with Crippen molar-refractivity contribution < 1.29 is 22.7 Å². The molecule has 0 aliphatic carbocycles. The van der Waals surface area contributed by atoms with Crippen LogP contribution in [0.25, 0.3) is 11.1 Å². The third-order valence-corrected chi connectivity index (χ3v) is 5.41. The van der Waals surface area contributed by atoms with Crippen molar-refractivity contribution in [3.8, 4) is 11.1 Å². The highest BCUT2D eigenvalue weighted by Crippen LogP contribution is 2.39. The predicted octanol–water partition coefficient (Wildman–Crippen LogP) is 3.67. The second kappa shape index (κ2) is 7.24. The number of nitrogens with zero attached hydrogens (tertiary/aromatic N) is 3. The normalized spacial score (nSPS) is 20.4.